The van der Waals surface area contributed by atoms with Crippen LogP contribution in [0.3, 0.4) is 0 Å². The highest BCUT2D eigenvalue weighted by atomic mass is 35.5. The van der Waals surface area contributed by atoms with Crippen molar-refractivity contribution < 1.29 is 4.79 Å². The van der Waals surface area contributed by atoms with Crippen molar-refractivity contribution in [3.05, 3.63) is 23.5 Å². The summed E-state index contributed by atoms with van der Waals surface area (Å²) >= 11 is 8.03. The molecule has 22 heavy (non-hydrogen) atoms. The quantitative estimate of drug-likeness (QED) is 0.841. The molecule has 5 nitrogen and oxygen atoms in total. The number of rotatable bonds is 2. The Balaban J connectivity index is 1.50. The molecular formula is C15H21ClN4OS. The number of thioether (sulfide) groups is 1. The number of urea groups is 1. The molecule has 0 atom stereocenters. The van der Waals surface area contributed by atoms with Crippen molar-refractivity contribution in [1.29, 1.82) is 0 Å². The van der Waals surface area contributed by atoms with Crippen LogP contribution in [0.4, 0.5) is 10.5 Å². The molecule has 3 rings (SSSR count). The molecule has 2 fully saturated rings. The minimum atomic E-state index is -0.0891. The van der Waals surface area contributed by atoms with Crippen molar-refractivity contribution in [2.75, 3.05) is 43.0 Å². The zero-order valence-corrected chi connectivity index (χ0v) is 14.1. The molecule has 120 valence electrons. The Bertz CT molecular complexity index is 516. The Morgan fingerprint density at radius 1 is 1.27 bits per heavy atom. The standard InChI is InChI=1S/C15H21ClN4OS/c16-14-13(2-1-5-17-14)18-15(21)20-8-6-19(7-9-20)12-3-10-22-11-4-12/h1-2,5,12H,3-4,6-11H2,(H,18,21). The number of carbonyl (C=O) groups excluding carboxylic acids is 1. The van der Waals surface area contributed by atoms with Crippen molar-refractivity contribution in [3.63, 3.8) is 0 Å². The maximum Gasteiger partial charge on any atom is 0.322 e. The molecule has 2 aliphatic rings. The Morgan fingerprint density at radius 2 is 2.00 bits per heavy atom. The van der Waals surface area contributed by atoms with Gasteiger partial charge in [-0.1, -0.05) is 11.6 Å². The Morgan fingerprint density at radius 3 is 2.68 bits per heavy atom. The van der Waals surface area contributed by atoms with Gasteiger partial charge in [0.05, 0.1) is 5.69 Å². The van der Waals surface area contributed by atoms with E-state index in [-0.39, 0.29) is 6.03 Å². The van der Waals surface area contributed by atoms with Gasteiger partial charge in [0, 0.05) is 38.4 Å². The van der Waals surface area contributed by atoms with E-state index in [9.17, 15) is 4.79 Å². The minimum absolute atomic E-state index is 0.0891. The highest BCUT2D eigenvalue weighted by molar-refractivity contribution is 7.99. The predicted octanol–water partition coefficient (Wildman–Crippen LogP) is 2.78. The highest BCUT2D eigenvalue weighted by Gasteiger charge is 2.27. The van der Waals surface area contributed by atoms with Crippen LogP contribution in [-0.2, 0) is 0 Å². The number of hydrogen-bond acceptors (Lipinski definition) is 4. The molecule has 0 saturated carbocycles. The summed E-state index contributed by atoms with van der Waals surface area (Å²) < 4.78 is 0. The van der Waals surface area contributed by atoms with E-state index in [2.05, 4.69) is 27.0 Å². The van der Waals surface area contributed by atoms with Crippen LogP contribution >= 0.6 is 23.4 Å². The van der Waals surface area contributed by atoms with Crippen LogP contribution in [-0.4, -0.2) is 64.5 Å². The summed E-state index contributed by atoms with van der Waals surface area (Å²) in [7, 11) is 0. The summed E-state index contributed by atoms with van der Waals surface area (Å²) in [6, 6.07) is 4.15. The van der Waals surface area contributed by atoms with Crippen molar-refractivity contribution in [2.45, 2.75) is 18.9 Å². The summed E-state index contributed by atoms with van der Waals surface area (Å²) in [5.74, 6) is 2.54. The molecule has 2 aliphatic heterocycles. The topological polar surface area (TPSA) is 48.5 Å². The number of halogens is 1. The van der Waals surface area contributed by atoms with E-state index < -0.39 is 0 Å². The third-order valence-electron chi connectivity index (χ3n) is 4.31. The fourth-order valence-corrected chi connectivity index (χ4v) is 4.26. The van der Waals surface area contributed by atoms with Gasteiger partial charge in [-0.3, -0.25) is 4.90 Å². The van der Waals surface area contributed by atoms with E-state index >= 15 is 0 Å². The summed E-state index contributed by atoms with van der Waals surface area (Å²) in [5.41, 5.74) is 0.570. The first-order valence-corrected chi connectivity index (χ1v) is 9.25. The lowest BCUT2D eigenvalue weighted by molar-refractivity contribution is 0.108. The van der Waals surface area contributed by atoms with Gasteiger partial charge in [-0.25, -0.2) is 9.78 Å². The monoisotopic (exact) mass is 340 g/mol. The van der Waals surface area contributed by atoms with Gasteiger partial charge in [0.25, 0.3) is 0 Å². The number of nitrogens with zero attached hydrogens (tertiary/aromatic N) is 3. The molecule has 0 aliphatic carbocycles. The van der Waals surface area contributed by atoms with Gasteiger partial charge in [-0.2, -0.15) is 11.8 Å². The van der Waals surface area contributed by atoms with Gasteiger partial charge in [-0.05, 0) is 36.5 Å². The van der Waals surface area contributed by atoms with Crippen LogP contribution in [0.25, 0.3) is 0 Å². The van der Waals surface area contributed by atoms with Crippen LogP contribution in [0.1, 0.15) is 12.8 Å². The summed E-state index contributed by atoms with van der Waals surface area (Å²) in [4.78, 5) is 20.7. The van der Waals surface area contributed by atoms with Gasteiger partial charge in [-0.15, -0.1) is 0 Å². The fourth-order valence-electron chi connectivity index (χ4n) is 3.01. The van der Waals surface area contributed by atoms with Gasteiger partial charge in [0.15, 0.2) is 5.15 Å². The fraction of sp³-hybridized carbons (Fsp3) is 0.600. The van der Waals surface area contributed by atoms with Crippen molar-refractivity contribution in [3.8, 4) is 0 Å². The van der Waals surface area contributed by atoms with Crippen LogP contribution in [0.5, 0.6) is 0 Å². The maximum absolute atomic E-state index is 12.3. The summed E-state index contributed by atoms with van der Waals surface area (Å²) in [5, 5.41) is 3.17. The smallest absolute Gasteiger partial charge is 0.322 e. The molecule has 7 heteroatoms. The third kappa shape index (κ3) is 3.86. The van der Waals surface area contributed by atoms with Crippen molar-refractivity contribution in [2.24, 2.45) is 0 Å². The molecule has 0 radical (unpaired) electrons. The van der Waals surface area contributed by atoms with E-state index in [4.69, 9.17) is 11.6 Å². The zero-order valence-electron chi connectivity index (χ0n) is 12.5. The average Bonchev–Trinajstić information content (AvgIpc) is 2.58. The van der Waals surface area contributed by atoms with Gasteiger partial charge >= 0.3 is 6.03 Å². The van der Waals surface area contributed by atoms with Crippen molar-refractivity contribution >= 4 is 35.1 Å². The van der Waals surface area contributed by atoms with Crippen molar-refractivity contribution in [1.82, 2.24) is 14.8 Å². The predicted molar refractivity (Wildman–Crippen MR) is 91.8 cm³/mol. The summed E-state index contributed by atoms with van der Waals surface area (Å²) in [6.07, 6.45) is 4.17. The lowest BCUT2D eigenvalue weighted by Crippen LogP contribution is -2.53. The van der Waals surface area contributed by atoms with E-state index in [1.54, 1.807) is 18.3 Å². The first kappa shape index (κ1) is 15.9. The second kappa shape index (κ2) is 7.53. The lowest BCUT2D eigenvalue weighted by atomic mass is 10.1. The molecule has 0 bridgehead atoms. The number of carbonyl (C=O) groups is 1. The van der Waals surface area contributed by atoms with E-state index in [0.29, 0.717) is 16.9 Å². The highest BCUT2D eigenvalue weighted by Crippen LogP contribution is 2.23. The van der Waals surface area contributed by atoms with Crippen LogP contribution in [0.2, 0.25) is 5.15 Å². The van der Waals surface area contributed by atoms with Crippen LogP contribution in [0, 0.1) is 0 Å². The number of amides is 2. The number of piperazine rings is 1. The second-order valence-corrected chi connectivity index (χ2v) is 7.22. The van der Waals surface area contributed by atoms with E-state index in [1.807, 2.05) is 4.90 Å². The van der Waals surface area contributed by atoms with E-state index in [0.717, 1.165) is 26.2 Å². The zero-order chi connectivity index (χ0) is 15.4. The molecule has 1 aromatic rings. The van der Waals surface area contributed by atoms with Crippen LogP contribution < -0.4 is 5.32 Å². The normalized spacial score (nSPS) is 20.9. The van der Waals surface area contributed by atoms with Crippen LogP contribution in [0.15, 0.2) is 18.3 Å². The average molecular weight is 341 g/mol. The molecule has 3 heterocycles. The first-order valence-electron chi connectivity index (χ1n) is 7.72. The molecule has 2 amide bonds. The Labute approximate surface area is 140 Å². The number of hydrogen-bond donors (Lipinski definition) is 1. The summed E-state index contributed by atoms with van der Waals surface area (Å²) in [6.45, 7) is 3.47. The minimum Gasteiger partial charge on any atom is -0.322 e. The molecular weight excluding hydrogens is 320 g/mol. The maximum atomic E-state index is 12.3. The number of nitrogens with one attached hydrogen (secondary N) is 1. The molecule has 0 unspecified atom stereocenters. The van der Waals surface area contributed by atoms with E-state index in [1.165, 1.54) is 24.3 Å². The SMILES string of the molecule is O=C(Nc1cccnc1Cl)N1CCN(C2CCSCC2)CC1. The van der Waals surface area contributed by atoms with Gasteiger partial charge in [0.1, 0.15) is 0 Å². The Kier molecular flexibility index (Phi) is 5.44. The Hall–Kier alpha value is -0.980. The molecule has 0 aromatic carbocycles. The first-order chi connectivity index (χ1) is 10.7. The number of aromatic nitrogens is 1. The number of anilines is 1. The molecule has 2 saturated heterocycles. The third-order valence-corrected chi connectivity index (χ3v) is 5.66. The molecule has 0 spiro atoms. The molecule has 1 N–H and O–H groups in total. The lowest BCUT2D eigenvalue weighted by Gasteiger charge is -2.40. The number of pyridine rings is 1. The largest absolute Gasteiger partial charge is 0.322 e. The van der Waals surface area contributed by atoms with Gasteiger partial charge in [0.2, 0.25) is 0 Å². The van der Waals surface area contributed by atoms with Gasteiger partial charge < -0.3 is 10.2 Å². The second-order valence-electron chi connectivity index (χ2n) is 5.64. The molecule has 1 aromatic heterocycles.